The number of hydrogen-bond donors (Lipinski definition) is 4. The zero-order valence-corrected chi connectivity index (χ0v) is 21.0. The number of anilines is 1. The van der Waals surface area contributed by atoms with Gasteiger partial charge in [0.1, 0.15) is 11.8 Å². The standard InChI is InChI=1S/C25H32Cl2FN3O3/c1-5-19(23(33)15-32)12-21(27)17(3)25(28)8-10-31(11-9-25)24(34)14-29-18(4)30-22-13-20(26)7-6-16(22)2/h5-7,12-13,23,29-30,32-33H,3-4,8-11,14-15H2,1-2H3/b19-5+,21-12+/t23-/m1/s1. The number of allylic oxidation sites excluding steroid dienone is 3. The van der Waals surface area contributed by atoms with Crippen molar-refractivity contribution in [2.75, 3.05) is 31.6 Å². The normalized spacial score (nSPS) is 17.2. The molecule has 0 bridgehead atoms. The molecule has 0 unspecified atom stereocenters. The number of halogens is 3. The van der Waals surface area contributed by atoms with E-state index in [0.29, 0.717) is 16.4 Å². The van der Waals surface area contributed by atoms with Gasteiger partial charge in [-0.1, -0.05) is 48.5 Å². The molecule has 4 N–H and O–H groups in total. The van der Waals surface area contributed by atoms with E-state index < -0.39 is 18.4 Å². The molecule has 34 heavy (non-hydrogen) atoms. The number of nitrogens with zero attached hydrogens (tertiary/aromatic N) is 1. The molecule has 1 amide bonds. The smallest absolute Gasteiger partial charge is 0.241 e. The van der Waals surface area contributed by atoms with Gasteiger partial charge in [-0.15, -0.1) is 0 Å². The van der Waals surface area contributed by atoms with Gasteiger partial charge < -0.3 is 25.7 Å². The first-order valence-corrected chi connectivity index (χ1v) is 11.7. The van der Waals surface area contributed by atoms with Crippen molar-refractivity contribution in [3.05, 3.63) is 76.1 Å². The minimum absolute atomic E-state index is 0.00996. The lowest BCUT2D eigenvalue weighted by Crippen LogP contribution is -2.48. The number of likely N-dealkylation sites (tertiary alicyclic amines) is 1. The van der Waals surface area contributed by atoms with Gasteiger partial charge >= 0.3 is 0 Å². The average molecular weight is 512 g/mol. The van der Waals surface area contributed by atoms with Crippen LogP contribution in [0, 0.1) is 6.92 Å². The number of aliphatic hydroxyl groups excluding tert-OH is 2. The topological polar surface area (TPSA) is 84.8 Å². The molecule has 0 aromatic heterocycles. The fourth-order valence-electron chi connectivity index (χ4n) is 3.57. The molecular weight excluding hydrogens is 480 g/mol. The third kappa shape index (κ3) is 7.34. The van der Waals surface area contributed by atoms with Gasteiger partial charge in [0.15, 0.2) is 0 Å². The lowest BCUT2D eigenvalue weighted by atomic mass is 9.85. The third-order valence-corrected chi connectivity index (χ3v) is 6.43. The first-order chi connectivity index (χ1) is 16.0. The van der Waals surface area contributed by atoms with Crippen molar-refractivity contribution in [3.63, 3.8) is 0 Å². The van der Waals surface area contributed by atoms with Gasteiger partial charge in [-0.2, -0.15) is 0 Å². The molecule has 0 aliphatic carbocycles. The molecule has 2 rings (SSSR count). The molecule has 1 atom stereocenters. The second-order valence-corrected chi connectivity index (χ2v) is 9.06. The number of carbonyl (C=O) groups excluding carboxylic acids is 1. The van der Waals surface area contributed by atoms with Crippen molar-refractivity contribution in [3.8, 4) is 0 Å². The van der Waals surface area contributed by atoms with Gasteiger partial charge in [0.05, 0.1) is 19.0 Å². The minimum atomic E-state index is -1.77. The van der Waals surface area contributed by atoms with Crippen molar-refractivity contribution >= 4 is 34.8 Å². The third-order valence-electron chi connectivity index (χ3n) is 5.86. The number of amides is 1. The quantitative estimate of drug-likeness (QED) is 0.349. The lowest BCUT2D eigenvalue weighted by molar-refractivity contribution is -0.132. The Morgan fingerprint density at radius 2 is 2.00 bits per heavy atom. The van der Waals surface area contributed by atoms with Crippen molar-refractivity contribution in [2.24, 2.45) is 0 Å². The number of nitrogens with one attached hydrogen (secondary N) is 2. The van der Waals surface area contributed by atoms with E-state index in [2.05, 4.69) is 23.8 Å². The fraction of sp³-hybridized carbons (Fsp3) is 0.400. The van der Waals surface area contributed by atoms with Gasteiger partial charge in [0.25, 0.3) is 0 Å². The number of piperidine rings is 1. The molecule has 1 saturated heterocycles. The Morgan fingerprint density at radius 3 is 2.59 bits per heavy atom. The van der Waals surface area contributed by atoms with E-state index in [-0.39, 0.29) is 49.0 Å². The predicted molar refractivity (Wildman–Crippen MR) is 137 cm³/mol. The molecule has 1 aliphatic heterocycles. The molecule has 0 saturated carbocycles. The second-order valence-electron chi connectivity index (χ2n) is 8.22. The van der Waals surface area contributed by atoms with E-state index >= 15 is 4.39 Å². The van der Waals surface area contributed by atoms with Crippen LogP contribution in [0.5, 0.6) is 0 Å². The molecular formula is C25H32Cl2FN3O3. The molecule has 1 aromatic rings. The SMILES string of the molecule is C=C(NCC(=O)N1CCC(F)(C(=C)/C(Cl)=C\C(=C/C)[C@H](O)CO)CC1)Nc1cc(Cl)ccc1C. The largest absolute Gasteiger partial charge is 0.393 e. The zero-order valence-electron chi connectivity index (χ0n) is 19.5. The number of rotatable bonds is 10. The molecule has 186 valence electrons. The second kappa shape index (κ2) is 12.4. The van der Waals surface area contributed by atoms with E-state index in [1.807, 2.05) is 13.0 Å². The van der Waals surface area contributed by atoms with Crippen molar-refractivity contribution in [2.45, 2.75) is 38.5 Å². The number of hydrogen-bond acceptors (Lipinski definition) is 5. The molecule has 1 fully saturated rings. The van der Waals surface area contributed by atoms with Crippen molar-refractivity contribution in [1.29, 1.82) is 0 Å². The highest BCUT2D eigenvalue weighted by molar-refractivity contribution is 6.32. The summed E-state index contributed by atoms with van der Waals surface area (Å²) in [6.45, 7) is 11.3. The Labute approximate surface area is 210 Å². The van der Waals surface area contributed by atoms with Crippen molar-refractivity contribution < 1.29 is 19.4 Å². The zero-order chi connectivity index (χ0) is 25.5. The molecule has 0 radical (unpaired) electrons. The summed E-state index contributed by atoms with van der Waals surface area (Å²) >= 11 is 12.3. The monoisotopic (exact) mass is 511 g/mol. The van der Waals surface area contributed by atoms with Gasteiger partial charge in [-0.3, -0.25) is 4.79 Å². The van der Waals surface area contributed by atoms with E-state index in [0.717, 1.165) is 11.3 Å². The van der Waals surface area contributed by atoms with Gasteiger partial charge in [-0.05, 0) is 43.2 Å². The van der Waals surface area contributed by atoms with E-state index in [4.69, 9.17) is 28.3 Å². The first kappa shape index (κ1) is 27.9. The summed E-state index contributed by atoms with van der Waals surface area (Å²) in [5.41, 5.74) is 0.467. The number of benzene rings is 1. The van der Waals surface area contributed by atoms with E-state index in [9.17, 15) is 9.90 Å². The maximum atomic E-state index is 15.6. The predicted octanol–water partition coefficient (Wildman–Crippen LogP) is 4.43. The van der Waals surface area contributed by atoms with Crippen LogP contribution in [0.2, 0.25) is 5.02 Å². The Hall–Kier alpha value is -2.32. The van der Waals surface area contributed by atoms with Crippen LogP contribution in [0.1, 0.15) is 25.3 Å². The van der Waals surface area contributed by atoms with Gasteiger partial charge in [0, 0.05) is 47.2 Å². The first-order valence-electron chi connectivity index (χ1n) is 11.0. The lowest BCUT2D eigenvalue weighted by Gasteiger charge is -2.37. The summed E-state index contributed by atoms with van der Waals surface area (Å²) in [6.07, 6.45) is 1.99. The Morgan fingerprint density at radius 1 is 1.35 bits per heavy atom. The van der Waals surface area contributed by atoms with E-state index in [1.165, 1.54) is 6.08 Å². The number of carbonyl (C=O) groups is 1. The van der Waals surface area contributed by atoms with Crippen LogP contribution in [-0.2, 0) is 4.79 Å². The fourth-order valence-corrected chi connectivity index (χ4v) is 4.03. The number of aliphatic hydroxyl groups is 2. The Balaban J connectivity index is 1.89. The molecule has 1 aliphatic rings. The summed E-state index contributed by atoms with van der Waals surface area (Å²) in [6, 6.07) is 5.44. The molecule has 6 nitrogen and oxygen atoms in total. The van der Waals surface area contributed by atoms with Crippen LogP contribution in [0.25, 0.3) is 0 Å². The van der Waals surface area contributed by atoms with Gasteiger partial charge in [-0.25, -0.2) is 4.39 Å². The molecule has 9 heteroatoms. The van der Waals surface area contributed by atoms with Crippen LogP contribution in [0.4, 0.5) is 10.1 Å². The highest BCUT2D eigenvalue weighted by atomic mass is 35.5. The molecule has 1 heterocycles. The Bertz CT molecular complexity index is 986. The van der Waals surface area contributed by atoms with Crippen LogP contribution < -0.4 is 10.6 Å². The highest BCUT2D eigenvalue weighted by Crippen LogP contribution is 2.38. The number of alkyl halides is 1. The van der Waals surface area contributed by atoms with Crippen LogP contribution in [0.3, 0.4) is 0 Å². The average Bonchev–Trinajstić information content (AvgIpc) is 2.82. The van der Waals surface area contributed by atoms with Gasteiger partial charge in [0.2, 0.25) is 5.91 Å². The van der Waals surface area contributed by atoms with Crippen LogP contribution in [0.15, 0.2) is 65.5 Å². The number of aryl methyl sites for hydroxylation is 1. The summed E-state index contributed by atoms with van der Waals surface area (Å²) in [5, 5.41) is 25.6. The summed E-state index contributed by atoms with van der Waals surface area (Å²) < 4.78 is 15.6. The highest BCUT2D eigenvalue weighted by Gasteiger charge is 2.39. The Kier molecular flexibility index (Phi) is 10.2. The summed E-state index contributed by atoms with van der Waals surface area (Å²) in [4.78, 5) is 14.2. The maximum absolute atomic E-state index is 15.6. The van der Waals surface area contributed by atoms with Crippen molar-refractivity contribution in [1.82, 2.24) is 10.2 Å². The van der Waals surface area contributed by atoms with Crippen LogP contribution >= 0.6 is 23.2 Å². The summed E-state index contributed by atoms with van der Waals surface area (Å²) in [7, 11) is 0. The van der Waals surface area contributed by atoms with Crippen LogP contribution in [-0.4, -0.2) is 59.0 Å². The maximum Gasteiger partial charge on any atom is 0.241 e. The molecule has 0 spiro atoms. The van der Waals surface area contributed by atoms with E-state index in [1.54, 1.807) is 30.0 Å². The summed E-state index contributed by atoms with van der Waals surface area (Å²) in [5.74, 6) is 0.271. The minimum Gasteiger partial charge on any atom is -0.393 e. The molecule has 1 aromatic carbocycles.